The molecule has 0 bridgehead atoms. The van der Waals surface area contributed by atoms with Gasteiger partial charge in [-0.3, -0.25) is 9.97 Å². The molecule has 0 radical (unpaired) electrons. The molecule has 4 rings (SSSR count). The second-order valence-electron chi connectivity index (χ2n) is 7.24. The van der Waals surface area contributed by atoms with E-state index >= 15 is 0 Å². The molecule has 1 N–H and O–H groups in total. The highest BCUT2D eigenvalue weighted by Crippen LogP contribution is 2.36. The maximum atomic E-state index is 14.1. The van der Waals surface area contributed by atoms with E-state index in [-0.39, 0.29) is 11.4 Å². The maximum Gasteiger partial charge on any atom is 0.417 e. The monoisotopic (exact) mass is 492 g/mol. The third-order valence-electron chi connectivity index (χ3n) is 4.89. The quantitative estimate of drug-likeness (QED) is 0.322. The first-order chi connectivity index (χ1) is 16.2. The smallest absolute Gasteiger partial charge is 0.417 e. The van der Waals surface area contributed by atoms with Crippen molar-refractivity contribution in [2.24, 2.45) is 0 Å². The van der Waals surface area contributed by atoms with Gasteiger partial charge in [-0.15, -0.1) is 0 Å². The Morgan fingerprint density at radius 2 is 1.76 bits per heavy atom. The van der Waals surface area contributed by atoms with Gasteiger partial charge in [0.1, 0.15) is 34.8 Å². The minimum Gasteiger partial charge on any atom is -0.493 e. The van der Waals surface area contributed by atoms with Gasteiger partial charge in [0.25, 0.3) is 0 Å². The Morgan fingerprint density at radius 3 is 2.41 bits per heavy atom. The first-order valence-corrected chi connectivity index (χ1v) is 10.2. The van der Waals surface area contributed by atoms with Crippen molar-refractivity contribution < 1.29 is 27.0 Å². The lowest BCUT2D eigenvalue weighted by Crippen LogP contribution is -2.09. The zero-order valence-electron chi connectivity index (χ0n) is 17.9. The first kappa shape index (κ1) is 23.5. The molecule has 11 heteroatoms. The highest BCUT2D eigenvalue weighted by atomic mass is 35.5. The summed E-state index contributed by atoms with van der Waals surface area (Å²) in [5, 5.41) is 0.308. The molecule has 0 aliphatic carbocycles. The normalized spacial score (nSPS) is 11.5. The van der Waals surface area contributed by atoms with Gasteiger partial charge < -0.3 is 14.5 Å². The van der Waals surface area contributed by atoms with Crippen molar-refractivity contribution in [1.29, 1.82) is 0 Å². The van der Waals surface area contributed by atoms with Crippen LogP contribution in [-0.2, 0) is 12.8 Å². The molecular formula is C23H17ClF4N4O2. The molecule has 0 atom stereocenters. The number of hydrogen-bond acceptors (Lipinski definition) is 5. The predicted octanol–water partition coefficient (Wildman–Crippen LogP) is 6.24. The van der Waals surface area contributed by atoms with Gasteiger partial charge in [-0.2, -0.15) is 13.2 Å². The molecule has 0 saturated heterocycles. The van der Waals surface area contributed by atoms with Crippen LogP contribution in [0.5, 0.6) is 11.5 Å². The van der Waals surface area contributed by atoms with Gasteiger partial charge in [0.05, 0.1) is 12.7 Å². The van der Waals surface area contributed by atoms with Crippen LogP contribution in [0, 0.1) is 12.7 Å². The van der Waals surface area contributed by atoms with E-state index in [2.05, 4.69) is 19.9 Å². The van der Waals surface area contributed by atoms with Crippen LogP contribution in [0.1, 0.15) is 17.0 Å². The number of nitrogens with zero attached hydrogens (tertiary/aromatic N) is 3. The molecule has 0 spiro atoms. The molecule has 1 aromatic carbocycles. The van der Waals surface area contributed by atoms with Crippen LogP contribution < -0.4 is 9.47 Å². The summed E-state index contributed by atoms with van der Waals surface area (Å²) in [6.45, 7) is 1.48. The van der Waals surface area contributed by atoms with E-state index in [9.17, 15) is 17.6 Å². The highest BCUT2D eigenvalue weighted by Gasteiger charge is 2.32. The SMILES string of the molecule is COc1cc(-c2nc(-c3ccc(C)nc3)[nH]c2Cl)ccc1OCc1ncc(C(F)(F)F)cc1F. The van der Waals surface area contributed by atoms with Crippen molar-refractivity contribution in [1.82, 2.24) is 19.9 Å². The van der Waals surface area contributed by atoms with Crippen molar-refractivity contribution in [2.75, 3.05) is 7.11 Å². The van der Waals surface area contributed by atoms with Crippen molar-refractivity contribution >= 4 is 11.6 Å². The first-order valence-electron chi connectivity index (χ1n) is 9.87. The van der Waals surface area contributed by atoms with Crippen molar-refractivity contribution in [3.63, 3.8) is 0 Å². The summed E-state index contributed by atoms with van der Waals surface area (Å²) < 4.78 is 63.0. The number of ether oxygens (including phenoxy) is 2. The molecule has 0 saturated carbocycles. The predicted molar refractivity (Wildman–Crippen MR) is 117 cm³/mol. The number of halogens is 5. The van der Waals surface area contributed by atoms with E-state index in [1.165, 1.54) is 7.11 Å². The summed E-state index contributed by atoms with van der Waals surface area (Å²) in [7, 11) is 1.42. The molecule has 6 nitrogen and oxygen atoms in total. The lowest BCUT2D eigenvalue weighted by Gasteiger charge is -2.13. The topological polar surface area (TPSA) is 72.9 Å². The standard InChI is InChI=1S/C23H17ClF4N4O2/c1-12-3-4-14(9-29-12)22-31-20(21(24)32-22)13-5-6-18(19(7-13)33-2)34-11-17-16(25)8-15(10-30-17)23(26,27)28/h3-10H,11H2,1-2H3,(H,31,32). The molecule has 3 aromatic heterocycles. The summed E-state index contributed by atoms with van der Waals surface area (Å²) in [5.41, 5.74) is 1.27. The molecule has 4 aromatic rings. The number of methoxy groups -OCH3 is 1. The number of benzene rings is 1. The summed E-state index contributed by atoms with van der Waals surface area (Å²) in [6.07, 6.45) is -2.45. The Morgan fingerprint density at radius 1 is 1.00 bits per heavy atom. The molecule has 3 heterocycles. The van der Waals surface area contributed by atoms with Crippen molar-refractivity contribution in [3.05, 3.63) is 76.7 Å². The van der Waals surface area contributed by atoms with Crippen LogP contribution in [0.4, 0.5) is 17.6 Å². The van der Waals surface area contributed by atoms with Gasteiger partial charge in [-0.25, -0.2) is 9.37 Å². The molecule has 34 heavy (non-hydrogen) atoms. The molecule has 0 aliphatic heterocycles. The van der Waals surface area contributed by atoms with Gasteiger partial charge in [-0.1, -0.05) is 11.6 Å². The van der Waals surface area contributed by atoms with Gasteiger partial charge in [0.15, 0.2) is 11.5 Å². The number of rotatable bonds is 6. The zero-order valence-corrected chi connectivity index (χ0v) is 18.6. The number of aromatic nitrogens is 4. The maximum absolute atomic E-state index is 14.1. The van der Waals surface area contributed by atoms with Gasteiger partial charge in [-0.05, 0) is 43.3 Å². The fourth-order valence-corrected chi connectivity index (χ4v) is 3.34. The van der Waals surface area contributed by atoms with Crippen LogP contribution in [0.25, 0.3) is 22.6 Å². The third-order valence-corrected chi connectivity index (χ3v) is 5.16. The summed E-state index contributed by atoms with van der Waals surface area (Å²) in [4.78, 5) is 15.3. The number of nitrogens with one attached hydrogen (secondary N) is 1. The number of pyridine rings is 2. The van der Waals surface area contributed by atoms with Crippen molar-refractivity contribution in [3.8, 4) is 34.1 Å². The number of aromatic amines is 1. The molecule has 0 unspecified atom stereocenters. The summed E-state index contributed by atoms with van der Waals surface area (Å²) >= 11 is 6.36. The Hall–Kier alpha value is -3.66. The van der Waals surface area contributed by atoms with Gasteiger partial charge >= 0.3 is 6.18 Å². The Bertz CT molecular complexity index is 1320. The van der Waals surface area contributed by atoms with Crippen LogP contribution in [0.3, 0.4) is 0 Å². The summed E-state index contributed by atoms with van der Waals surface area (Å²) in [5.74, 6) is -0.0492. The largest absolute Gasteiger partial charge is 0.493 e. The number of H-pyrrole nitrogens is 1. The average Bonchev–Trinajstić information content (AvgIpc) is 3.19. The minimum absolute atomic E-state index is 0.238. The number of imidazole rings is 1. The second kappa shape index (κ2) is 9.30. The van der Waals surface area contributed by atoms with E-state index in [1.807, 2.05) is 19.1 Å². The third kappa shape index (κ3) is 4.96. The summed E-state index contributed by atoms with van der Waals surface area (Å²) in [6, 6.07) is 8.97. The lowest BCUT2D eigenvalue weighted by molar-refractivity contribution is -0.138. The fraction of sp³-hybridized carbons (Fsp3) is 0.174. The van der Waals surface area contributed by atoms with Gasteiger partial charge in [0.2, 0.25) is 0 Å². The number of aryl methyl sites for hydroxylation is 1. The van der Waals surface area contributed by atoms with Crippen molar-refractivity contribution in [2.45, 2.75) is 19.7 Å². The van der Waals surface area contributed by atoms with E-state index in [4.69, 9.17) is 21.1 Å². The Kier molecular flexibility index (Phi) is 6.43. The van der Waals surface area contributed by atoms with E-state index in [1.54, 1.807) is 24.4 Å². The molecule has 0 aliphatic rings. The second-order valence-corrected chi connectivity index (χ2v) is 7.62. The van der Waals surface area contributed by atoms with E-state index in [0.717, 1.165) is 11.3 Å². The fourth-order valence-electron chi connectivity index (χ4n) is 3.10. The highest BCUT2D eigenvalue weighted by molar-refractivity contribution is 6.32. The Balaban J connectivity index is 1.55. The molecular weight excluding hydrogens is 476 g/mol. The zero-order chi connectivity index (χ0) is 24.5. The van der Waals surface area contributed by atoms with Crippen LogP contribution in [-0.4, -0.2) is 27.0 Å². The molecule has 0 amide bonds. The van der Waals surface area contributed by atoms with Gasteiger partial charge in [0, 0.05) is 29.2 Å². The Labute approximate surface area is 196 Å². The van der Waals surface area contributed by atoms with Crippen LogP contribution in [0.2, 0.25) is 5.15 Å². The minimum atomic E-state index is -4.68. The number of hydrogen-bond donors (Lipinski definition) is 1. The average molecular weight is 493 g/mol. The van der Waals surface area contributed by atoms with E-state index < -0.39 is 24.2 Å². The van der Waals surface area contributed by atoms with Crippen LogP contribution in [0.15, 0.2) is 48.8 Å². The molecule has 0 fully saturated rings. The number of alkyl halides is 3. The molecule has 176 valence electrons. The lowest BCUT2D eigenvalue weighted by atomic mass is 10.1. The van der Waals surface area contributed by atoms with E-state index in [0.29, 0.717) is 40.2 Å². The van der Waals surface area contributed by atoms with Crippen LogP contribution >= 0.6 is 11.6 Å².